The van der Waals surface area contributed by atoms with E-state index in [4.69, 9.17) is 21.4 Å². The van der Waals surface area contributed by atoms with Gasteiger partial charge in [-0.05, 0) is 73.5 Å². The summed E-state index contributed by atoms with van der Waals surface area (Å²) in [4.78, 5) is 12.7. The SMILES string of the molecule is C[Si](C)(C)CCOC(=O)c1ccc2c(c1)CCC1C2=NN(c2ccc(C#N)c(Cl)c2)C1C1CCCC1. The van der Waals surface area contributed by atoms with Gasteiger partial charge in [0.2, 0.25) is 0 Å². The van der Waals surface area contributed by atoms with E-state index in [2.05, 4.69) is 36.8 Å². The van der Waals surface area contributed by atoms with Crippen LogP contribution in [-0.4, -0.2) is 32.4 Å². The van der Waals surface area contributed by atoms with Crippen molar-refractivity contribution in [2.24, 2.45) is 16.9 Å². The minimum Gasteiger partial charge on any atom is -0.462 e. The third kappa shape index (κ3) is 4.96. The largest absolute Gasteiger partial charge is 0.462 e. The van der Waals surface area contributed by atoms with E-state index in [9.17, 15) is 10.1 Å². The van der Waals surface area contributed by atoms with Crippen molar-refractivity contribution in [1.82, 2.24) is 0 Å². The summed E-state index contributed by atoms with van der Waals surface area (Å²) < 4.78 is 5.59. The molecule has 0 bridgehead atoms. The highest BCUT2D eigenvalue weighted by atomic mass is 35.5. The molecule has 2 aromatic carbocycles. The number of esters is 1. The monoisotopic (exact) mass is 519 g/mol. The highest BCUT2D eigenvalue weighted by molar-refractivity contribution is 6.76. The molecule has 7 heteroatoms. The number of rotatable bonds is 6. The first kappa shape index (κ1) is 25.0. The zero-order chi connectivity index (χ0) is 25.4. The molecular formula is C29H34ClN3O2Si. The lowest BCUT2D eigenvalue weighted by atomic mass is 9.75. The van der Waals surface area contributed by atoms with Crippen molar-refractivity contribution in [3.63, 3.8) is 0 Å². The van der Waals surface area contributed by atoms with Crippen molar-refractivity contribution in [2.75, 3.05) is 11.6 Å². The van der Waals surface area contributed by atoms with Gasteiger partial charge in [-0.15, -0.1) is 0 Å². The van der Waals surface area contributed by atoms with E-state index >= 15 is 0 Å². The Hall–Kier alpha value is -2.62. The highest BCUT2D eigenvalue weighted by Gasteiger charge is 2.45. The number of carbonyl (C=O) groups is 1. The van der Waals surface area contributed by atoms with Crippen LogP contribution in [0.5, 0.6) is 0 Å². The fraction of sp³-hybridized carbons (Fsp3) is 0.483. The maximum Gasteiger partial charge on any atom is 0.338 e. The van der Waals surface area contributed by atoms with Crippen LogP contribution in [0.3, 0.4) is 0 Å². The van der Waals surface area contributed by atoms with Crippen molar-refractivity contribution in [3.8, 4) is 6.07 Å². The zero-order valence-electron chi connectivity index (χ0n) is 21.4. The Bertz CT molecular complexity index is 1240. The molecule has 5 nitrogen and oxygen atoms in total. The summed E-state index contributed by atoms with van der Waals surface area (Å²) in [6.45, 7) is 7.34. The van der Waals surface area contributed by atoms with Crippen molar-refractivity contribution in [2.45, 2.75) is 70.3 Å². The van der Waals surface area contributed by atoms with Crippen LogP contribution in [0.1, 0.15) is 59.2 Å². The van der Waals surface area contributed by atoms with Gasteiger partial charge in [0.1, 0.15) is 6.07 Å². The number of ether oxygens (including phenoxy) is 1. The van der Waals surface area contributed by atoms with Gasteiger partial charge in [-0.1, -0.05) is 50.1 Å². The summed E-state index contributed by atoms with van der Waals surface area (Å²) in [7, 11) is -1.25. The van der Waals surface area contributed by atoms with E-state index in [1.807, 2.05) is 24.3 Å². The van der Waals surface area contributed by atoms with Gasteiger partial charge in [0.25, 0.3) is 0 Å². The molecule has 36 heavy (non-hydrogen) atoms. The molecule has 0 saturated heterocycles. The first-order valence-electron chi connectivity index (χ1n) is 13.1. The molecule has 1 fully saturated rings. The highest BCUT2D eigenvalue weighted by Crippen LogP contribution is 2.45. The molecule has 2 aliphatic carbocycles. The van der Waals surface area contributed by atoms with Crippen molar-refractivity contribution in [3.05, 3.63) is 63.7 Å². The third-order valence-corrected chi connectivity index (χ3v) is 9.93. The molecule has 2 unspecified atom stereocenters. The zero-order valence-corrected chi connectivity index (χ0v) is 23.1. The molecule has 0 amide bonds. The van der Waals surface area contributed by atoms with Gasteiger partial charge in [0.05, 0.1) is 40.2 Å². The van der Waals surface area contributed by atoms with E-state index in [0.717, 1.165) is 35.8 Å². The molecule has 1 aliphatic heterocycles. The second kappa shape index (κ2) is 10.0. The summed E-state index contributed by atoms with van der Waals surface area (Å²) in [6.07, 6.45) is 6.93. The third-order valence-electron chi connectivity index (χ3n) is 7.91. The number of hydrogen-bond donors (Lipinski definition) is 0. The number of aryl methyl sites for hydroxylation is 1. The number of hydrazone groups is 1. The molecule has 1 heterocycles. The van der Waals surface area contributed by atoms with Gasteiger partial charge in [-0.3, -0.25) is 5.01 Å². The van der Waals surface area contributed by atoms with Crippen LogP contribution in [0.15, 0.2) is 41.5 Å². The molecule has 0 aromatic heterocycles. The number of nitriles is 1. The predicted octanol–water partition coefficient (Wildman–Crippen LogP) is 7.05. The number of halogens is 1. The molecule has 0 N–H and O–H groups in total. The van der Waals surface area contributed by atoms with Gasteiger partial charge in [-0.25, -0.2) is 4.79 Å². The number of anilines is 1. The quantitative estimate of drug-likeness (QED) is 0.303. The Kier molecular flexibility index (Phi) is 6.98. The van der Waals surface area contributed by atoms with Crippen molar-refractivity contribution >= 4 is 37.0 Å². The Morgan fingerprint density at radius 1 is 1.17 bits per heavy atom. The van der Waals surface area contributed by atoms with Crippen molar-refractivity contribution in [1.29, 1.82) is 5.26 Å². The number of nitrogens with zero attached hydrogens (tertiary/aromatic N) is 3. The molecule has 2 aromatic rings. The molecule has 0 spiro atoms. The summed E-state index contributed by atoms with van der Waals surface area (Å²) in [5.41, 5.74) is 5.50. The predicted molar refractivity (Wildman–Crippen MR) is 148 cm³/mol. The van der Waals surface area contributed by atoms with Crippen LogP contribution < -0.4 is 5.01 Å². The van der Waals surface area contributed by atoms with E-state index < -0.39 is 8.07 Å². The van der Waals surface area contributed by atoms with E-state index in [0.29, 0.717) is 40.6 Å². The van der Waals surface area contributed by atoms with Crippen LogP contribution in [0, 0.1) is 23.2 Å². The van der Waals surface area contributed by atoms with Gasteiger partial charge >= 0.3 is 5.97 Å². The minimum absolute atomic E-state index is 0.232. The fourth-order valence-electron chi connectivity index (χ4n) is 5.97. The summed E-state index contributed by atoms with van der Waals surface area (Å²) >= 11 is 6.42. The normalized spacial score (nSPS) is 21.5. The lowest BCUT2D eigenvalue weighted by Crippen LogP contribution is -2.40. The Balaban J connectivity index is 1.44. The second-order valence-corrected chi connectivity index (χ2v) is 17.6. The van der Waals surface area contributed by atoms with Crippen LogP contribution in [0.4, 0.5) is 5.69 Å². The van der Waals surface area contributed by atoms with E-state index in [-0.39, 0.29) is 5.97 Å². The number of benzene rings is 2. The van der Waals surface area contributed by atoms with Crippen molar-refractivity contribution < 1.29 is 9.53 Å². The van der Waals surface area contributed by atoms with Gasteiger partial charge in [-0.2, -0.15) is 10.4 Å². The average molecular weight is 520 g/mol. The van der Waals surface area contributed by atoms with Crippen LogP contribution in [0.2, 0.25) is 30.7 Å². The van der Waals surface area contributed by atoms with Gasteiger partial charge < -0.3 is 4.74 Å². The Labute approximate surface area is 220 Å². The van der Waals surface area contributed by atoms with E-state index in [1.54, 1.807) is 6.07 Å². The maximum absolute atomic E-state index is 12.7. The Morgan fingerprint density at radius 3 is 2.64 bits per heavy atom. The summed E-state index contributed by atoms with van der Waals surface area (Å²) in [5, 5.41) is 17.2. The lowest BCUT2D eigenvalue weighted by molar-refractivity contribution is 0.0525. The first-order valence-corrected chi connectivity index (χ1v) is 17.2. The molecule has 2 atom stereocenters. The van der Waals surface area contributed by atoms with E-state index in [1.165, 1.54) is 31.2 Å². The average Bonchev–Trinajstić information content (AvgIpc) is 3.50. The molecular weight excluding hydrogens is 486 g/mol. The molecule has 3 aliphatic rings. The molecule has 5 rings (SSSR count). The second-order valence-electron chi connectivity index (χ2n) is 11.6. The standard InChI is InChI=1S/C29H34ClN3O2Si/c1-36(2,3)15-14-35-29(34)21-10-12-24-20(16-21)9-13-25-27(24)32-33(28(25)19-6-4-5-7-19)23-11-8-22(18-31)26(30)17-23/h8,10-12,16-17,19,25,28H,4-7,9,13-15H2,1-3H3. The van der Waals surface area contributed by atoms with Crippen LogP contribution in [0.25, 0.3) is 0 Å². The maximum atomic E-state index is 12.7. The van der Waals surface area contributed by atoms with Gasteiger partial charge in [0, 0.05) is 19.6 Å². The van der Waals surface area contributed by atoms with Gasteiger partial charge in [0.15, 0.2) is 0 Å². The van der Waals surface area contributed by atoms with Crippen LogP contribution in [-0.2, 0) is 11.2 Å². The molecule has 188 valence electrons. The number of fused-ring (bicyclic) bond motifs is 3. The topological polar surface area (TPSA) is 65.7 Å². The lowest BCUT2D eigenvalue weighted by Gasteiger charge is -2.34. The summed E-state index contributed by atoms with van der Waals surface area (Å²) in [6, 6.07) is 15.0. The summed E-state index contributed by atoms with van der Waals surface area (Å²) in [5.74, 6) is 0.710. The fourth-order valence-corrected chi connectivity index (χ4v) is 6.90. The number of carbonyl (C=O) groups excluding carboxylic acids is 1. The van der Waals surface area contributed by atoms with Crippen LogP contribution >= 0.6 is 11.6 Å². The number of hydrogen-bond acceptors (Lipinski definition) is 5. The Morgan fingerprint density at radius 2 is 1.94 bits per heavy atom. The smallest absolute Gasteiger partial charge is 0.338 e. The minimum atomic E-state index is -1.25. The molecule has 1 saturated carbocycles. The molecule has 0 radical (unpaired) electrons. The first-order chi connectivity index (χ1) is 17.2.